The van der Waals surface area contributed by atoms with Crippen molar-refractivity contribution in [2.45, 2.75) is 119 Å². The van der Waals surface area contributed by atoms with Crippen LogP contribution in [0.2, 0.25) is 0 Å². The second kappa shape index (κ2) is 7.94. The largest absolute Gasteiger partial charge is 0.481 e. The fraction of sp³-hybridized carbons (Fsp3) is 0.844. The molecule has 0 radical (unpaired) electrons. The molecule has 206 valence electrons. The number of fused-ring (bicyclic) bond motifs is 7. The molecule has 0 spiro atoms. The van der Waals surface area contributed by atoms with Crippen LogP contribution in [0.1, 0.15) is 113 Å². The Morgan fingerprint density at radius 1 is 0.919 bits per heavy atom. The molecule has 5 aliphatic rings. The highest BCUT2D eigenvalue weighted by Gasteiger charge is 2.70. The maximum atomic E-state index is 14.4. The number of ether oxygens (including phenoxy) is 1. The lowest BCUT2D eigenvalue weighted by atomic mass is 9.33. The van der Waals surface area contributed by atoms with Crippen molar-refractivity contribution in [3.8, 4) is 0 Å². The van der Waals surface area contributed by atoms with Gasteiger partial charge in [0.1, 0.15) is 6.10 Å². The van der Waals surface area contributed by atoms with Crippen molar-refractivity contribution in [2.75, 3.05) is 0 Å². The molecular formula is C32H48O5. The maximum Gasteiger partial charge on any atom is 0.309 e. The summed E-state index contributed by atoms with van der Waals surface area (Å²) in [6.45, 7) is 17.4. The molecule has 0 aromatic carbocycles. The smallest absolute Gasteiger partial charge is 0.309 e. The van der Waals surface area contributed by atoms with Crippen molar-refractivity contribution in [2.24, 2.45) is 50.2 Å². The Hall–Kier alpha value is -1.65. The number of carbonyl (C=O) groups is 3. The van der Waals surface area contributed by atoms with Crippen molar-refractivity contribution in [1.82, 2.24) is 0 Å². The summed E-state index contributed by atoms with van der Waals surface area (Å²) in [5, 5.41) is 10.1. The number of esters is 1. The third-order valence-corrected chi connectivity index (χ3v) is 13.3. The van der Waals surface area contributed by atoms with Gasteiger partial charge >= 0.3 is 11.9 Å². The summed E-state index contributed by atoms with van der Waals surface area (Å²) in [6, 6.07) is 0. The highest BCUT2D eigenvalue weighted by molar-refractivity contribution is 5.95. The van der Waals surface area contributed by atoms with E-state index in [-0.39, 0.29) is 56.8 Å². The van der Waals surface area contributed by atoms with E-state index in [1.165, 1.54) is 12.5 Å². The number of aliphatic carboxylic acids is 1. The minimum atomic E-state index is -0.729. The van der Waals surface area contributed by atoms with Crippen LogP contribution >= 0.6 is 0 Å². The highest BCUT2D eigenvalue weighted by atomic mass is 16.5. The summed E-state index contributed by atoms with van der Waals surface area (Å²) in [7, 11) is 0. The van der Waals surface area contributed by atoms with E-state index < -0.39 is 11.4 Å². The van der Waals surface area contributed by atoms with E-state index in [1.54, 1.807) is 0 Å². The third-order valence-electron chi connectivity index (χ3n) is 13.3. The standard InChI is InChI=1S/C32H48O5/c1-19(33)37-24-10-11-30(6)23(27(24,2)3)9-12-32(8)25(30)22(34)17-20-21-18-29(5,26(35)36)14-13-28(21,4)15-16-31(20,32)7/h17,21,23-25H,9-16,18H2,1-8H3,(H,35,36)/t21-,23-,24-,25-,28-,29+,30-,31+,32-/m1/s1. The number of rotatable bonds is 2. The summed E-state index contributed by atoms with van der Waals surface area (Å²) in [5.41, 5.74) is -0.0327. The maximum absolute atomic E-state index is 14.4. The van der Waals surface area contributed by atoms with Crippen LogP contribution < -0.4 is 0 Å². The number of carbonyl (C=O) groups excluding carboxylic acids is 2. The molecule has 5 heteroatoms. The number of carboxylic acid groups (broad SMARTS) is 1. The summed E-state index contributed by atoms with van der Waals surface area (Å²) >= 11 is 0. The molecule has 0 heterocycles. The van der Waals surface area contributed by atoms with Gasteiger partial charge in [0.15, 0.2) is 5.78 Å². The molecule has 0 aromatic rings. The molecule has 0 amide bonds. The first-order chi connectivity index (χ1) is 16.9. The number of ketones is 1. The Morgan fingerprint density at radius 2 is 1.57 bits per heavy atom. The predicted octanol–water partition coefficient (Wildman–Crippen LogP) is 6.98. The monoisotopic (exact) mass is 512 g/mol. The topological polar surface area (TPSA) is 80.7 Å². The fourth-order valence-corrected chi connectivity index (χ4v) is 10.8. The van der Waals surface area contributed by atoms with Gasteiger partial charge in [-0.2, -0.15) is 0 Å². The highest BCUT2D eigenvalue weighted by Crippen LogP contribution is 2.75. The van der Waals surface area contributed by atoms with Crippen molar-refractivity contribution in [3.05, 3.63) is 11.6 Å². The molecule has 5 rings (SSSR count). The second-order valence-electron chi connectivity index (χ2n) is 15.5. The Kier molecular flexibility index (Phi) is 5.78. The van der Waals surface area contributed by atoms with Crippen LogP contribution in [0, 0.1) is 50.2 Å². The van der Waals surface area contributed by atoms with Crippen molar-refractivity contribution in [1.29, 1.82) is 0 Å². The molecular weight excluding hydrogens is 464 g/mol. The molecule has 0 unspecified atom stereocenters. The Balaban J connectivity index is 1.58. The lowest BCUT2D eigenvalue weighted by Crippen LogP contribution is -2.66. The van der Waals surface area contributed by atoms with Gasteiger partial charge in [-0.1, -0.05) is 47.1 Å². The quantitative estimate of drug-likeness (QED) is 0.404. The Labute approximate surface area is 223 Å². The molecule has 0 aliphatic heterocycles. The van der Waals surface area contributed by atoms with Gasteiger partial charge in [0.05, 0.1) is 5.41 Å². The van der Waals surface area contributed by atoms with Crippen LogP contribution in [-0.4, -0.2) is 28.9 Å². The number of allylic oxidation sites excluding steroid dienone is 2. The molecule has 9 atom stereocenters. The minimum Gasteiger partial charge on any atom is -0.481 e. The van der Waals surface area contributed by atoms with Crippen molar-refractivity contribution < 1.29 is 24.2 Å². The van der Waals surface area contributed by atoms with Crippen LogP contribution in [0.25, 0.3) is 0 Å². The van der Waals surface area contributed by atoms with E-state index in [4.69, 9.17) is 4.74 Å². The van der Waals surface area contributed by atoms with Gasteiger partial charge in [0.2, 0.25) is 0 Å². The number of carboxylic acids is 1. The summed E-state index contributed by atoms with van der Waals surface area (Å²) in [6.07, 6.45) is 10.0. The SMILES string of the molecule is CC(=O)O[C@@H]1CC[C@]2(C)[C@H](CC[C@]3(C)[C@@H]2C(=O)C=C2[C@H]4C[C@@](C)(C(=O)O)CC[C@]4(C)CC[C@@]23C)C1(C)C. The average molecular weight is 513 g/mol. The van der Waals surface area contributed by atoms with Gasteiger partial charge < -0.3 is 9.84 Å². The van der Waals surface area contributed by atoms with E-state index in [0.717, 1.165) is 44.9 Å². The van der Waals surface area contributed by atoms with Crippen LogP contribution in [0.3, 0.4) is 0 Å². The van der Waals surface area contributed by atoms with E-state index in [1.807, 2.05) is 13.0 Å². The first-order valence-corrected chi connectivity index (χ1v) is 14.6. The second-order valence-corrected chi connectivity index (χ2v) is 15.5. The molecule has 0 bridgehead atoms. The fourth-order valence-electron chi connectivity index (χ4n) is 10.8. The molecule has 4 fully saturated rings. The van der Waals surface area contributed by atoms with Crippen LogP contribution in [-0.2, 0) is 19.1 Å². The molecule has 1 N–H and O–H groups in total. The van der Waals surface area contributed by atoms with Gasteiger partial charge in [-0.25, -0.2) is 0 Å². The predicted molar refractivity (Wildman–Crippen MR) is 143 cm³/mol. The lowest BCUT2D eigenvalue weighted by Gasteiger charge is -2.70. The summed E-state index contributed by atoms with van der Waals surface area (Å²) < 4.78 is 5.82. The minimum absolute atomic E-state index is 0.0644. The van der Waals surface area contributed by atoms with Crippen molar-refractivity contribution in [3.63, 3.8) is 0 Å². The van der Waals surface area contributed by atoms with E-state index in [0.29, 0.717) is 18.8 Å². The zero-order chi connectivity index (χ0) is 27.4. The van der Waals surface area contributed by atoms with Crippen LogP contribution in [0.4, 0.5) is 0 Å². The van der Waals surface area contributed by atoms with E-state index >= 15 is 0 Å². The summed E-state index contributed by atoms with van der Waals surface area (Å²) in [4.78, 5) is 38.5. The van der Waals surface area contributed by atoms with Crippen LogP contribution in [0.5, 0.6) is 0 Å². The van der Waals surface area contributed by atoms with Gasteiger partial charge in [-0.15, -0.1) is 0 Å². The molecule has 37 heavy (non-hydrogen) atoms. The Morgan fingerprint density at radius 3 is 2.19 bits per heavy atom. The lowest BCUT2D eigenvalue weighted by molar-refractivity contribution is -0.210. The zero-order valence-electron chi connectivity index (χ0n) is 24.3. The van der Waals surface area contributed by atoms with Gasteiger partial charge in [-0.05, 0) is 104 Å². The van der Waals surface area contributed by atoms with Gasteiger partial charge in [-0.3, -0.25) is 14.4 Å². The molecule has 5 nitrogen and oxygen atoms in total. The van der Waals surface area contributed by atoms with E-state index in [2.05, 4.69) is 41.5 Å². The first kappa shape index (κ1) is 26.9. The molecule has 0 aromatic heterocycles. The zero-order valence-corrected chi connectivity index (χ0v) is 24.3. The van der Waals surface area contributed by atoms with Gasteiger partial charge in [0, 0.05) is 18.3 Å². The first-order valence-electron chi connectivity index (χ1n) is 14.6. The van der Waals surface area contributed by atoms with E-state index in [9.17, 15) is 19.5 Å². The number of hydrogen-bond donors (Lipinski definition) is 1. The van der Waals surface area contributed by atoms with Gasteiger partial charge in [0.25, 0.3) is 0 Å². The van der Waals surface area contributed by atoms with Crippen molar-refractivity contribution >= 4 is 17.7 Å². The molecule has 5 aliphatic carbocycles. The Bertz CT molecular complexity index is 1070. The normalized spacial score (nSPS) is 50.5. The third kappa shape index (κ3) is 3.43. The number of hydrogen-bond acceptors (Lipinski definition) is 4. The molecule has 0 saturated heterocycles. The summed E-state index contributed by atoms with van der Waals surface area (Å²) in [5.74, 6) is -0.280. The average Bonchev–Trinajstić information content (AvgIpc) is 2.78. The molecule has 4 saturated carbocycles. The van der Waals surface area contributed by atoms with Crippen LogP contribution in [0.15, 0.2) is 11.6 Å².